The number of hydrogen-bond donors (Lipinski definition) is 2. The van der Waals surface area contributed by atoms with Gasteiger partial charge in [0.2, 0.25) is 23.7 Å². The van der Waals surface area contributed by atoms with Gasteiger partial charge < -0.3 is 14.6 Å². The van der Waals surface area contributed by atoms with Gasteiger partial charge in [-0.05, 0) is 35.4 Å². The number of amides is 1. The molecular formula is C26H25F2N9O2. The molecule has 2 N–H and O–H groups in total. The molecule has 4 aromatic rings. The largest absolute Gasteiger partial charge is 0.420 e. The average molecular weight is 534 g/mol. The summed E-state index contributed by atoms with van der Waals surface area (Å²) in [6.45, 7) is 0.978. The minimum atomic E-state index is -2.52. The number of anilines is 1. The molecule has 0 bridgehead atoms. The highest BCUT2D eigenvalue weighted by Crippen LogP contribution is 2.48. The van der Waals surface area contributed by atoms with Crippen molar-refractivity contribution in [1.29, 1.82) is 0 Å². The van der Waals surface area contributed by atoms with Gasteiger partial charge in [-0.3, -0.25) is 9.89 Å². The van der Waals surface area contributed by atoms with Crippen LogP contribution in [0.2, 0.25) is 0 Å². The van der Waals surface area contributed by atoms with E-state index in [0.717, 1.165) is 29.8 Å². The quantitative estimate of drug-likeness (QED) is 0.383. The number of aromatic amines is 1. The Bertz CT molecular complexity index is 1530. The van der Waals surface area contributed by atoms with E-state index in [9.17, 15) is 13.6 Å². The van der Waals surface area contributed by atoms with Crippen LogP contribution in [0.5, 0.6) is 0 Å². The molecule has 39 heavy (non-hydrogen) atoms. The van der Waals surface area contributed by atoms with Crippen LogP contribution in [-0.4, -0.2) is 64.9 Å². The molecule has 0 spiro atoms. The summed E-state index contributed by atoms with van der Waals surface area (Å²) in [6.07, 6.45) is 5.35. The van der Waals surface area contributed by atoms with Gasteiger partial charge in [-0.15, -0.1) is 15.3 Å². The summed E-state index contributed by atoms with van der Waals surface area (Å²) in [5.41, 5.74) is 5.70. The van der Waals surface area contributed by atoms with Crippen molar-refractivity contribution in [3.8, 4) is 11.5 Å². The zero-order chi connectivity index (χ0) is 26.6. The molecule has 1 aliphatic heterocycles. The zero-order valence-corrected chi connectivity index (χ0v) is 20.9. The summed E-state index contributed by atoms with van der Waals surface area (Å²) in [6, 6.07) is 6.24. The van der Waals surface area contributed by atoms with Crippen LogP contribution >= 0.6 is 0 Å². The first-order chi connectivity index (χ1) is 18.9. The first-order valence-electron chi connectivity index (χ1n) is 13.0. The molecule has 1 fully saturated rings. The van der Waals surface area contributed by atoms with Crippen LogP contribution in [0, 0.1) is 0 Å². The molecule has 4 heterocycles. The lowest BCUT2D eigenvalue weighted by Gasteiger charge is -2.35. The van der Waals surface area contributed by atoms with E-state index in [-0.39, 0.29) is 48.9 Å². The molecular weight excluding hydrogens is 508 g/mol. The molecule has 7 rings (SSSR count). The van der Waals surface area contributed by atoms with Crippen molar-refractivity contribution in [2.24, 2.45) is 0 Å². The zero-order valence-electron chi connectivity index (χ0n) is 20.9. The maximum absolute atomic E-state index is 13.3. The van der Waals surface area contributed by atoms with Crippen molar-refractivity contribution in [2.45, 2.75) is 63.0 Å². The second-order valence-corrected chi connectivity index (χ2v) is 10.5. The molecule has 1 amide bonds. The van der Waals surface area contributed by atoms with Gasteiger partial charge in [0, 0.05) is 44.2 Å². The highest BCUT2D eigenvalue weighted by Gasteiger charge is 2.46. The first kappa shape index (κ1) is 23.8. The summed E-state index contributed by atoms with van der Waals surface area (Å²) >= 11 is 0. The third kappa shape index (κ3) is 4.72. The van der Waals surface area contributed by atoms with E-state index in [1.54, 1.807) is 17.3 Å². The molecule has 0 radical (unpaired) electrons. The Morgan fingerprint density at radius 2 is 1.95 bits per heavy atom. The highest BCUT2D eigenvalue weighted by atomic mass is 19.3. The third-order valence-electron chi connectivity index (χ3n) is 7.75. The molecule has 1 aromatic carbocycles. The van der Waals surface area contributed by atoms with Gasteiger partial charge in [-0.1, -0.05) is 23.4 Å². The van der Waals surface area contributed by atoms with Gasteiger partial charge in [-0.2, -0.15) is 0 Å². The fourth-order valence-corrected chi connectivity index (χ4v) is 5.59. The van der Waals surface area contributed by atoms with Crippen LogP contribution in [-0.2, 0) is 37.0 Å². The maximum Gasteiger partial charge on any atom is 0.250 e. The minimum absolute atomic E-state index is 0.00614. The monoisotopic (exact) mass is 533 g/mol. The highest BCUT2D eigenvalue weighted by molar-refractivity contribution is 5.78. The Labute approximate surface area is 221 Å². The van der Waals surface area contributed by atoms with Gasteiger partial charge in [0.1, 0.15) is 12.1 Å². The fraction of sp³-hybridized carbons (Fsp3) is 0.423. The van der Waals surface area contributed by atoms with Crippen molar-refractivity contribution in [3.63, 3.8) is 0 Å². The minimum Gasteiger partial charge on any atom is -0.420 e. The lowest BCUT2D eigenvalue weighted by atomic mass is 9.76. The van der Waals surface area contributed by atoms with Crippen molar-refractivity contribution in [1.82, 2.24) is 40.5 Å². The summed E-state index contributed by atoms with van der Waals surface area (Å²) in [5, 5.41) is 22.1. The van der Waals surface area contributed by atoms with Gasteiger partial charge in [0.25, 0.3) is 5.89 Å². The number of halogens is 2. The summed E-state index contributed by atoms with van der Waals surface area (Å²) < 4.78 is 32.3. The number of fused-ring (bicyclic) bond motifs is 2. The number of rotatable bonds is 6. The number of alkyl halides is 2. The topological polar surface area (TPSA) is 139 Å². The lowest BCUT2D eigenvalue weighted by Crippen LogP contribution is -2.37. The van der Waals surface area contributed by atoms with Crippen molar-refractivity contribution in [2.75, 3.05) is 11.9 Å². The van der Waals surface area contributed by atoms with Crippen LogP contribution in [0.1, 0.15) is 52.7 Å². The van der Waals surface area contributed by atoms with Crippen LogP contribution in [0.4, 0.5) is 14.7 Å². The number of nitrogens with one attached hydrogen (secondary N) is 2. The molecule has 3 aromatic heterocycles. The number of nitrogens with zero attached hydrogens (tertiary/aromatic N) is 7. The summed E-state index contributed by atoms with van der Waals surface area (Å²) in [7, 11) is 0. The molecule has 1 unspecified atom stereocenters. The predicted octanol–water partition coefficient (Wildman–Crippen LogP) is 2.86. The molecule has 3 aliphatic rings. The van der Waals surface area contributed by atoms with Crippen LogP contribution < -0.4 is 5.32 Å². The molecule has 2 aliphatic carbocycles. The van der Waals surface area contributed by atoms with E-state index in [4.69, 9.17) is 4.42 Å². The van der Waals surface area contributed by atoms with Crippen LogP contribution in [0.15, 0.2) is 35.0 Å². The van der Waals surface area contributed by atoms with Gasteiger partial charge in [0.05, 0.1) is 17.8 Å². The number of hydrogen-bond acceptors (Lipinski definition) is 9. The second-order valence-electron chi connectivity index (χ2n) is 10.5. The Hall–Kier alpha value is -4.29. The number of H-pyrrole nitrogens is 1. The van der Waals surface area contributed by atoms with Gasteiger partial charge >= 0.3 is 0 Å². The average Bonchev–Trinajstić information content (AvgIpc) is 3.66. The smallest absolute Gasteiger partial charge is 0.250 e. The fourth-order valence-electron chi connectivity index (χ4n) is 5.59. The lowest BCUT2D eigenvalue weighted by molar-refractivity contribution is -0.131. The Kier molecular flexibility index (Phi) is 5.60. The molecule has 1 atom stereocenters. The molecule has 1 saturated carbocycles. The molecule has 0 saturated heterocycles. The van der Waals surface area contributed by atoms with Crippen molar-refractivity contribution < 1.29 is 18.0 Å². The predicted molar refractivity (Wildman–Crippen MR) is 133 cm³/mol. The Balaban J connectivity index is 0.945. The number of benzene rings is 1. The Morgan fingerprint density at radius 1 is 1.13 bits per heavy atom. The Morgan fingerprint density at radius 3 is 2.77 bits per heavy atom. The SMILES string of the molecule is O=C(Cc1nnc(-c2cnc(NC3Cc4ccc(C5CC(F)(F)C5)cc4C3)nc2)o1)N1CCc2[nH]nnc2C1. The van der Waals surface area contributed by atoms with Gasteiger partial charge in [0.15, 0.2) is 0 Å². The third-order valence-corrected chi connectivity index (χ3v) is 7.75. The number of aromatic nitrogens is 7. The number of carbonyl (C=O) groups is 1. The van der Waals surface area contributed by atoms with Crippen molar-refractivity contribution in [3.05, 3.63) is 64.6 Å². The van der Waals surface area contributed by atoms with E-state index >= 15 is 0 Å². The normalized spacial score (nSPS) is 19.8. The molecule has 13 heteroatoms. The molecule has 11 nitrogen and oxygen atoms in total. The summed E-state index contributed by atoms with van der Waals surface area (Å²) in [5.74, 6) is -1.76. The molecule has 200 valence electrons. The van der Waals surface area contributed by atoms with E-state index in [2.05, 4.69) is 53.0 Å². The standard InChI is InChI=1S/C26H25F2N9O2/c27-26(28)9-17(10-26)14-1-2-15-6-19(7-16(15)5-14)31-25-29-11-18(12-30-25)24-35-34-22(39-24)8-23(38)37-4-3-20-21(13-37)33-36-32-20/h1-2,5,11-12,17,19H,3-4,6-10,13H2,(H,29,30,31)(H,32,33,36). The second kappa shape index (κ2) is 9.17. The number of carbonyl (C=O) groups excluding carboxylic acids is 1. The van der Waals surface area contributed by atoms with Crippen molar-refractivity contribution >= 4 is 11.9 Å². The summed E-state index contributed by atoms with van der Waals surface area (Å²) in [4.78, 5) is 23.2. The van der Waals surface area contributed by atoms with E-state index in [0.29, 0.717) is 31.0 Å². The first-order valence-corrected chi connectivity index (χ1v) is 13.0. The maximum atomic E-state index is 13.3. The van der Waals surface area contributed by atoms with Crippen LogP contribution in [0.25, 0.3) is 11.5 Å². The van der Waals surface area contributed by atoms with E-state index < -0.39 is 5.92 Å². The van der Waals surface area contributed by atoms with Gasteiger partial charge in [-0.25, -0.2) is 18.7 Å². The van der Waals surface area contributed by atoms with E-state index in [1.807, 2.05) is 6.07 Å². The van der Waals surface area contributed by atoms with E-state index in [1.165, 1.54) is 11.1 Å². The van der Waals surface area contributed by atoms with Crippen LogP contribution in [0.3, 0.4) is 0 Å².